The highest BCUT2D eigenvalue weighted by molar-refractivity contribution is 6.31. The van der Waals surface area contributed by atoms with E-state index in [4.69, 9.17) is 22.1 Å². The predicted octanol–water partition coefficient (Wildman–Crippen LogP) is 4.33. The van der Waals surface area contributed by atoms with Gasteiger partial charge in [0.2, 0.25) is 0 Å². The molecule has 0 amide bonds. The van der Waals surface area contributed by atoms with Crippen LogP contribution in [0.1, 0.15) is 51.1 Å². The summed E-state index contributed by atoms with van der Waals surface area (Å²) in [5.41, 5.74) is 7.29. The van der Waals surface area contributed by atoms with E-state index in [9.17, 15) is 0 Å². The maximum Gasteiger partial charge on any atom is 0.0874 e. The molecular formula is C16H24ClNO. The lowest BCUT2D eigenvalue weighted by Gasteiger charge is -2.43. The molecule has 0 radical (unpaired) electrons. The molecule has 2 rings (SSSR count). The zero-order valence-corrected chi connectivity index (χ0v) is 12.6. The van der Waals surface area contributed by atoms with E-state index in [1.54, 1.807) is 0 Å². The molecule has 106 valence electrons. The van der Waals surface area contributed by atoms with Crippen molar-refractivity contribution in [2.24, 2.45) is 11.7 Å². The Labute approximate surface area is 121 Å². The number of hydrogen-bond donors (Lipinski definition) is 1. The first-order valence-corrected chi connectivity index (χ1v) is 7.61. The molecule has 2 nitrogen and oxygen atoms in total. The number of benzene rings is 1. The number of nitrogens with two attached hydrogens (primary N) is 1. The van der Waals surface area contributed by atoms with Crippen molar-refractivity contribution in [3.05, 3.63) is 34.9 Å². The van der Waals surface area contributed by atoms with E-state index in [1.807, 2.05) is 31.2 Å². The topological polar surface area (TPSA) is 35.2 Å². The van der Waals surface area contributed by atoms with Crippen molar-refractivity contribution in [2.45, 2.75) is 51.2 Å². The summed E-state index contributed by atoms with van der Waals surface area (Å²) in [6, 6.07) is 7.71. The maximum absolute atomic E-state index is 6.53. The van der Waals surface area contributed by atoms with Crippen molar-refractivity contribution in [2.75, 3.05) is 6.61 Å². The summed E-state index contributed by atoms with van der Waals surface area (Å²) >= 11 is 6.29. The molecule has 0 aromatic heterocycles. The molecule has 1 aromatic rings. The Balaban J connectivity index is 2.26. The van der Waals surface area contributed by atoms with Crippen molar-refractivity contribution >= 4 is 11.6 Å². The molecule has 0 aliphatic heterocycles. The lowest BCUT2D eigenvalue weighted by atomic mass is 9.73. The van der Waals surface area contributed by atoms with Crippen molar-refractivity contribution in [3.8, 4) is 0 Å². The Hall–Kier alpha value is -0.570. The molecule has 0 spiro atoms. The fourth-order valence-corrected chi connectivity index (χ4v) is 3.35. The Morgan fingerprint density at radius 3 is 2.58 bits per heavy atom. The number of halogens is 1. The first kappa shape index (κ1) is 14.8. The van der Waals surface area contributed by atoms with Crippen molar-refractivity contribution < 1.29 is 4.74 Å². The molecule has 2 N–H and O–H groups in total. The molecule has 3 heteroatoms. The molecule has 19 heavy (non-hydrogen) atoms. The van der Waals surface area contributed by atoms with Crippen LogP contribution in [0.25, 0.3) is 0 Å². The third kappa shape index (κ3) is 3.13. The van der Waals surface area contributed by atoms with Gasteiger partial charge in [-0.2, -0.15) is 0 Å². The van der Waals surface area contributed by atoms with Crippen LogP contribution in [-0.4, -0.2) is 12.2 Å². The van der Waals surface area contributed by atoms with E-state index in [0.29, 0.717) is 6.61 Å². The van der Waals surface area contributed by atoms with Crippen molar-refractivity contribution in [1.82, 2.24) is 0 Å². The summed E-state index contributed by atoms with van der Waals surface area (Å²) in [6.45, 7) is 5.04. The van der Waals surface area contributed by atoms with E-state index in [1.165, 1.54) is 12.8 Å². The summed E-state index contributed by atoms with van der Waals surface area (Å²) < 4.78 is 6.11. The van der Waals surface area contributed by atoms with Crippen LogP contribution in [-0.2, 0) is 4.74 Å². The maximum atomic E-state index is 6.53. The van der Waals surface area contributed by atoms with Gasteiger partial charge in [0.05, 0.1) is 11.6 Å². The molecular weight excluding hydrogens is 258 g/mol. The second-order valence-electron chi connectivity index (χ2n) is 5.68. The zero-order valence-electron chi connectivity index (χ0n) is 11.9. The van der Waals surface area contributed by atoms with Crippen molar-refractivity contribution in [1.29, 1.82) is 0 Å². The van der Waals surface area contributed by atoms with Crippen LogP contribution < -0.4 is 5.73 Å². The van der Waals surface area contributed by atoms with Crippen LogP contribution in [0, 0.1) is 5.92 Å². The highest BCUT2D eigenvalue weighted by Crippen LogP contribution is 2.43. The van der Waals surface area contributed by atoms with E-state index >= 15 is 0 Å². The molecule has 1 unspecified atom stereocenters. The first-order chi connectivity index (χ1) is 9.09. The van der Waals surface area contributed by atoms with Gasteiger partial charge in [0.1, 0.15) is 0 Å². The third-order valence-electron chi connectivity index (χ3n) is 4.36. The fourth-order valence-electron chi connectivity index (χ4n) is 3.09. The number of ether oxygens (including phenoxy) is 1. The van der Waals surface area contributed by atoms with E-state index in [-0.39, 0.29) is 11.6 Å². The zero-order chi connectivity index (χ0) is 13.9. The van der Waals surface area contributed by atoms with Crippen LogP contribution in [0.5, 0.6) is 0 Å². The average molecular weight is 282 g/mol. The normalized spacial score (nSPS) is 29.2. The van der Waals surface area contributed by atoms with Crippen LogP contribution in [0.4, 0.5) is 0 Å². The van der Waals surface area contributed by atoms with Gasteiger partial charge in [-0.1, -0.05) is 36.7 Å². The molecule has 1 atom stereocenters. The Bertz CT molecular complexity index is 413. The van der Waals surface area contributed by atoms with E-state index in [2.05, 4.69) is 6.92 Å². The van der Waals surface area contributed by atoms with E-state index < -0.39 is 0 Å². The molecule has 0 saturated heterocycles. The third-order valence-corrected chi connectivity index (χ3v) is 4.70. The minimum absolute atomic E-state index is 0.145. The van der Waals surface area contributed by atoms with Gasteiger partial charge in [-0.15, -0.1) is 0 Å². The molecule has 1 aliphatic rings. The Morgan fingerprint density at radius 1 is 1.37 bits per heavy atom. The summed E-state index contributed by atoms with van der Waals surface area (Å²) in [6.07, 6.45) is 4.40. The van der Waals surface area contributed by atoms with Crippen LogP contribution in [0.2, 0.25) is 5.02 Å². The van der Waals surface area contributed by atoms with Gasteiger partial charge in [-0.25, -0.2) is 0 Å². The number of hydrogen-bond acceptors (Lipinski definition) is 2. The van der Waals surface area contributed by atoms with Crippen molar-refractivity contribution in [3.63, 3.8) is 0 Å². The average Bonchev–Trinajstić information content (AvgIpc) is 2.42. The van der Waals surface area contributed by atoms with Gasteiger partial charge in [0.25, 0.3) is 0 Å². The SMILES string of the molecule is CCOC1(C(N)c2ccccc2Cl)CCC(C)CC1. The Kier molecular flexibility index (Phi) is 4.88. The van der Waals surface area contributed by atoms with Gasteiger partial charge in [0, 0.05) is 11.6 Å². The van der Waals surface area contributed by atoms with Crippen LogP contribution in [0.3, 0.4) is 0 Å². The molecule has 0 bridgehead atoms. The summed E-state index contributed by atoms with van der Waals surface area (Å²) in [7, 11) is 0. The second-order valence-corrected chi connectivity index (χ2v) is 6.09. The molecule has 0 heterocycles. The lowest BCUT2D eigenvalue weighted by molar-refractivity contribution is -0.0896. The highest BCUT2D eigenvalue weighted by Gasteiger charge is 2.41. The smallest absolute Gasteiger partial charge is 0.0874 e. The van der Waals surface area contributed by atoms with E-state index in [0.717, 1.165) is 29.3 Å². The number of rotatable bonds is 4. The monoisotopic (exact) mass is 281 g/mol. The van der Waals surface area contributed by atoms with Gasteiger partial charge in [-0.05, 0) is 50.2 Å². The molecule has 1 saturated carbocycles. The standard InChI is InChI=1S/C16H24ClNO/c1-3-19-16(10-8-12(2)9-11-16)15(18)13-6-4-5-7-14(13)17/h4-7,12,15H,3,8-11,18H2,1-2H3. The van der Waals surface area contributed by atoms with Gasteiger partial charge in [0.15, 0.2) is 0 Å². The van der Waals surface area contributed by atoms with Crippen LogP contribution >= 0.6 is 11.6 Å². The summed E-state index contributed by atoms with van der Waals surface area (Å²) in [5, 5.41) is 0.743. The van der Waals surface area contributed by atoms with Gasteiger partial charge < -0.3 is 10.5 Å². The minimum atomic E-state index is -0.244. The minimum Gasteiger partial charge on any atom is -0.373 e. The van der Waals surface area contributed by atoms with Crippen LogP contribution in [0.15, 0.2) is 24.3 Å². The lowest BCUT2D eigenvalue weighted by Crippen LogP contribution is -2.46. The van der Waals surface area contributed by atoms with Gasteiger partial charge in [-0.3, -0.25) is 0 Å². The first-order valence-electron chi connectivity index (χ1n) is 7.23. The quantitative estimate of drug-likeness (QED) is 0.892. The molecule has 1 aromatic carbocycles. The largest absolute Gasteiger partial charge is 0.373 e. The molecule has 1 aliphatic carbocycles. The summed E-state index contributed by atoms with van der Waals surface area (Å²) in [5.74, 6) is 0.770. The molecule has 1 fully saturated rings. The fraction of sp³-hybridized carbons (Fsp3) is 0.625. The predicted molar refractivity (Wildman–Crippen MR) is 80.4 cm³/mol. The van der Waals surface area contributed by atoms with Gasteiger partial charge >= 0.3 is 0 Å². The Morgan fingerprint density at radius 2 is 2.00 bits per heavy atom. The summed E-state index contributed by atoms with van der Waals surface area (Å²) in [4.78, 5) is 0. The second kappa shape index (κ2) is 6.25. The highest BCUT2D eigenvalue weighted by atomic mass is 35.5.